The highest BCUT2D eigenvalue weighted by Gasteiger charge is 2.45. The second-order valence-corrected chi connectivity index (χ2v) is 9.53. The fourth-order valence-corrected chi connectivity index (χ4v) is 5.05. The van der Waals surface area contributed by atoms with Gasteiger partial charge in [0.25, 0.3) is 0 Å². The summed E-state index contributed by atoms with van der Waals surface area (Å²) in [5, 5.41) is 10.2. The van der Waals surface area contributed by atoms with E-state index in [4.69, 9.17) is 19.9 Å². The van der Waals surface area contributed by atoms with Crippen LogP contribution in [0.4, 0.5) is 14.5 Å². The molecule has 7 nitrogen and oxygen atoms in total. The third-order valence-corrected chi connectivity index (χ3v) is 6.55. The van der Waals surface area contributed by atoms with Gasteiger partial charge < -0.3 is 19.9 Å². The van der Waals surface area contributed by atoms with Crippen LogP contribution in [-0.4, -0.2) is 27.1 Å². The normalized spacial score (nSPS) is 19.1. The predicted octanol–water partition coefficient (Wildman–Crippen LogP) is 4.93. The Morgan fingerprint density at radius 1 is 1.06 bits per heavy atom. The van der Waals surface area contributed by atoms with Crippen LogP contribution in [0.3, 0.4) is 0 Å². The van der Waals surface area contributed by atoms with E-state index in [1.807, 2.05) is 13.8 Å². The highest BCUT2D eigenvalue weighted by molar-refractivity contribution is 6.01. The quantitative estimate of drug-likeness (QED) is 0.628. The maximum absolute atomic E-state index is 15.0. The third kappa shape index (κ3) is 4.02. The molecule has 0 amide bonds. The summed E-state index contributed by atoms with van der Waals surface area (Å²) in [5.41, 5.74) is 7.43. The number of hydrogen-bond donors (Lipinski definition) is 1. The Labute approximate surface area is 208 Å². The topological polar surface area (TPSA) is 97.8 Å². The van der Waals surface area contributed by atoms with E-state index in [-0.39, 0.29) is 29.3 Å². The number of nitrogens with two attached hydrogens (primary N) is 1. The summed E-state index contributed by atoms with van der Waals surface area (Å²) < 4.78 is 45.1. The average Bonchev–Trinajstić information content (AvgIpc) is 2.82. The number of hydrogen-bond acceptors (Lipinski definition) is 7. The molecule has 0 spiro atoms. The number of allylic oxidation sites excluding steroid dienone is 3. The van der Waals surface area contributed by atoms with Crippen LogP contribution in [0.1, 0.15) is 38.2 Å². The molecule has 36 heavy (non-hydrogen) atoms. The first kappa shape index (κ1) is 25.0. The van der Waals surface area contributed by atoms with E-state index in [1.54, 1.807) is 12.1 Å². The van der Waals surface area contributed by atoms with Crippen molar-refractivity contribution in [1.82, 2.24) is 0 Å². The molecule has 0 saturated heterocycles. The summed E-state index contributed by atoms with van der Waals surface area (Å²) in [5.74, 6) is -1.62. The van der Waals surface area contributed by atoms with Crippen LogP contribution < -0.4 is 24.8 Å². The third-order valence-electron chi connectivity index (χ3n) is 6.55. The number of rotatable bonds is 5. The lowest BCUT2D eigenvalue weighted by molar-refractivity contribution is -0.118. The number of anilines is 1. The molecule has 2 aliphatic rings. The van der Waals surface area contributed by atoms with Crippen molar-refractivity contribution in [2.45, 2.75) is 32.6 Å². The molecule has 0 radical (unpaired) electrons. The van der Waals surface area contributed by atoms with Gasteiger partial charge in [0.1, 0.15) is 17.5 Å². The van der Waals surface area contributed by atoms with E-state index in [9.17, 15) is 18.8 Å². The molecule has 9 heteroatoms. The number of benzene rings is 2. The van der Waals surface area contributed by atoms with Gasteiger partial charge in [0.05, 0.1) is 44.6 Å². The lowest BCUT2D eigenvalue weighted by Gasteiger charge is -2.43. The zero-order valence-electron chi connectivity index (χ0n) is 20.7. The maximum atomic E-state index is 15.0. The molecule has 2 aromatic rings. The molecule has 2 N–H and O–H groups in total. The van der Waals surface area contributed by atoms with Crippen molar-refractivity contribution >= 4 is 11.5 Å². The van der Waals surface area contributed by atoms with E-state index in [1.165, 1.54) is 32.3 Å². The second-order valence-electron chi connectivity index (χ2n) is 9.53. The minimum Gasteiger partial charge on any atom is -0.493 e. The molecular formula is C27H27F2N3O4. The summed E-state index contributed by atoms with van der Waals surface area (Å²) in [6.45, 7) is 3.87. The van der Waals surface area contributed by atoms with E-state index in [0.717, 1.165) is 12.1 Å². The van der Waals surface area contributed by atoms with E-state index < -0.39 is 23.0 Å². The van der Waals surface area contributed by atoms with Crippen molar-refractivity contribution in [3.8, 4) is 23.3 Å². The van der Waals surface area contributed by atoms with Crippen molar-refractivity contribution in [3.63, 3.8) is 0 Å². The molecule has 1 unspecified atom stereocenters. The first-order valence-electron chi connectivity index (χ1n) is 11.3. The SMILES string of the molecule is COc1cc(C2C(C#N)=C(N)N(c3ccc(F)cc3F)C3=C2C(=O)CC(C)(C)C3)cc(OC)c1OC. The summed E-state index contributed by atoms with van der Waals surface area (Å²) >= 11 is 0. The van der Waals surface area contributed by atoms with Gasteiger partial charge in [-0.25, -0.2) is 8.78 Å². The Morgan fingerprint density at radius 2 is 1.69 bits per heavy atom. The lowest BCUT2D eigenvalue weighted by Crippen LogP contribution is -2.42. The van der Waals surface area contributed by atoms with E-state index >= 15 is 0 Å². The number of Topliss-reactive ketones (excluding diaryl/α,β-unsaturated/α-hetero) is 1. The summed E-state index contributed by atoms with van der Waals surface area (Å²) in [7, 11) is 4.41. The molecular weight excluding hydrogens is 468 g/mol. The van der Waals surface area contributed by atoms with E-state index in [2.05, 4.69) is 6.07 Å². The lowest BCUT2D eigenvalue weighted by atomic mass is 9.68. The molecule has 1 aliphatic carbocycles. The van der Waals surface area contributed by atoms with Crippen LogP contribution in [0.25, 0.3) is 0 Å². The number of nitriles is 1. The summed E-state index contributed by atoms with van der Waals surface area (Å²) in [6.07, 6.45) is 0.607. The first-order chi connectivity index (χ1) is 17.1. The molecule has 1 atom stereocenters. The molecule has 2 aromatic carbocycles. The zero-order chi connectivity index (χ0) is 26.4. The molecule has 1 aliphatic heterocycles. The Bertz CT molecular complexity index is 1330. The average molecular weight is 496 g/mol. The van der Waals surface area contributed by atoms with Crippen molar-refractivity contribution in [2.75, 3.05) is 26.2 Å². The fourth-order valence-electron chi connectivity index (χ4n) is 5.05. The largest absolute Gasteiger partial charge is 0.493 e. The number of ketones is 1. The highest BCUT2D eigenvalue weighted by atomic mass is 19.1. The minimum atomic E-state index is -0.857. The number of carbonyl (C=O) groups excluding carboxylic acids is 1. The van der Waals surface area contributed by atoms with Crippen LogP contribution in [0.2, 0.25) is 0 Å². The van der Waals surface area contributed by atoms with Gasteiger partial charge in [0.15, 0.2) is 17.3 Å². The predicted molar refractivity (Wildman–Crippen MR) is 130 cm³/mol. The highest BCUT2D eigenvalue weighted by Crippen LogP contribution is 2.52. The van der Waals surface area contributed by atoms with Gasteiger partial charge in [-0.15, -0.1) is 0 Å². The first-order valence-corrected chi connectivity index (χ1v) is 11.3. The number of halogens is 2. The van der Waals surface area contributed by atoms with Crippen LogP contribution in [0, 0.1) is 28.4 Å². The van der Waals surface area contributed by atoms with Crippen molar-refractivity contribution in [1.29, 1.82) is 5.26 Å². The minimum absolute atomic E-state index is 0.0361. The van der Waals surface area contributed by atoms with Gasteiger partial charge in [0, 0.05) is 23.8 Å². The molecule has 0 fully saturated rings. The standard InChI is InChI=1S/C27H27F2N3O4/c1-27(2)11-19-24(20(33)12-27)23(14-8-21(34-3)25(36-5)22(9-14)35-4)16(13-30)26(31)32(19)18-7-6-15(28)10-17(18)29/h6-10,23H,11-12,31H2,1-5H3. The smallest absolute Gasteiger partial charge is 0.203 e. The summed E-state index contributed by atoms with van der Waals surface area (Å²) in [4.78, 5) is 15.0. The summed E-state index contributed by atoms with van der Waals surface area (Å²) in [6, 6.07) is 8.58. The van der Waals surface area contributed by atoms with Crippen molar-refractivity contribution in [2.24, 2.45) is 11.1 Å². The Hall–Kier alpha value is -4.06. The maximum Gasteiger partial charge on any atom is 0.203 e. The Kier molecular flexibility index (Phi) is 6.39. The van der Waals surface area contributed by atoms with Crippen LogP contribution in [0.5, 0.6) is 17.2 Å². The number of carbonyl (C=O) groups is 1. The molecule has 0 bridgehead atoms. The van der Waals surface area contributed by atoms with E-state index in [0.29, 0.717) is 40.5 Å². The van der Waals surface area contributed by atoms with Gasteiger partial charge in [-0.3, -0.25) is 9.69 Å². The molecule has 0 aromatic heterocycles. The van der Waals surface area contributed by atoms with Gasteiger partial charge in [-0.2, -0.15) is 5.26 Å². The molecule has 1 heterocycles. The van der Waals surface area contributed by atoms with Crippen LogP contribution >= 0.6 is 0 Å². The van der Waals surface area contributed by atoms with Gasteiger partial charge in [-0.1, -0.05) is 13.8 Å². The molecule has 188 valence electrons. The zero-order valence-corrected chi connectivity index (χ0v) is 20.7. The second kappa shape index (κ2) is 9.19. The number of ether oxygens (including phenoxy) is 3. The Balaban J connectivity index is 2.04. The van der Waals surface area contributed by atoms with Gasteiger partial charge >= 0.3 is 0 Å². The van der Waals surface area contributed by atoms with Crippen LogP contribution in [0.15, 0.2) is 53.0 Å². The van der Waals surface area contributed by atoms with Crippen LogP contribution in [-0.2, 0) is 4.79 Å². The molecule has 0 saturated carbocycles. The van der Waals surface area contributed by atoms with Gasteiger partial charge in [0.2, 0.25) is 5.75 Å². The molecule has 4 rings (SSSR count). The fraction of sp³-hybridized carbons (Fsp3) is 0.333. The Morgan fingerprint density at radius 3 is 2.22 bits per heavy atom. The van der Waals surface area contributed by atoms with Crippen molar-refractivity contribution in [3.05, 3.63) is 70.2 Å². The van der Waals surface area contributed by atoms with Gasteiger partial charge in [-0.05, 0) is 41.7 Å². The monoisotopic (exact) mass is 495 g/mol. The number of methoxy groups -OCH3 is 3. The van der Waals surface area contributed by atoms with Crippen molar-refractivity contribution < 1.29 is 27.8 Å². The number of nitrogens with zero attached hydrogens (tertiary/aromatic N) is 2.